The minimum Gasteiger partial charge on any atom is -0.391 e. The number of hydrogen-bond donors (Lipinski definition) is 0. The zero-order valence-corrected chi connectivity index (χ0v) is 20.1. The molecule has 0 radical (unpaired) electrons. The van der Waals surface area contributed by atoms with Crippen LogP contribution in [0.3, 0.4) is 0 Å². The van der Waals surface area contributed by atoms with E-state index in [1.807, 2.05) is 12.4 Å². The second kappa shape index (κ2) is 9.79. The Morgan fingerprint density at radius 3 is 2.35 bits per heavy atom. The van der Waals surface area contributed by atoms with Gasteiger partial charge in [-0.25, -0.2) is 19.7 Å². The summed E-state index contributed by atoms with van der Waals surface area (Å²) in [6.45, 7) is 5.76. The summed E-state index contributed by atoms with van der Waals surface area (Å²) >= 11 is 1.69. The first-order valence-corrected chi connectivity index (χ1v) is 12.8. The third-order valence-electron chi connectivity index (χ3n) is 7.14. The van der Waals surface area contributed by atoms with Gasteiger partial charge >= 0.3 is 6.09 Å². The fourth-order valence-electron chi connectivity index (χ4n) is 5.12. The minimum absolute atomic E-state index is 0.135. The molecule has 2 saturated heterocycles. The standard InChI is InChI=1S/C24H29N5O4S/c1-16-20(34-15-26-16)8-9-27-10-12-28(13-11-27)24(32)33-21-7-6-17(14-25-21)29-22(30)18-4-2-3-5-19(18)23(29)31/h6-7,14-15,18-19H,2-5,8-13H2,1H3. The predicted octanol–water partition coefficient (Wildman–Crippen LogP) is 2.89. The summed E-state index contributed by atoms with van der Waals surface area (Å²) in [5.41, 5.74) is 3.42. The zero-order valence-electron chi connectivity index (χ0n) is 19.3. The van der Waals surface area contributed by atoms with Gasteiger partial charge in [-0.1, -0.05) is 12.8 Å². The molecule has 9 nitrogen and oxygen atoms in total. The summed E-state index contributed by atoms with van der Waals surface area (Å²) in [6.07, 6.45) is 5.50. The van der Waals surface area contributed by atoms with Gasteiger partial charge in [0, 0.05) is 43.7 Å². The number of pyridine rings is 1. The van der Waals surface area contributed by atoms with E-state index in [0.29, 0.717) is 18.8 Å². The fraction of sp³-hybridized carbons (Fsp3) is 0.542. The predicted molar refractivity (Wildman–Crippen MR) is 127 cm³/mol. The van der Waals surface area contributed by atoms with Crippen molar-refractivity contribution in [3.63, 3.8) is 0 Å². The van der Waals surface area contributed by atoms with Gasteiger partial charge in [-0.3, -0.25) is 14.5 Å². The summed E-state index contributed by atoms with van der Waals surface area (Å²) in [5, 5.41) is 0. The van der Waals surface area contributed by atoms with E-state index in [0.717, 1.165) is 57.4 Å². The molecule has 2 atom stereocenters. The Balaban J connectivity index is 1.12. The summed E-state index contributed by atoms with van der Waals surface area (Å²) in [6, 6.07) is 3.17. The Bertz CT molecular complexity index is 1040. The minimum atomic E-state index is -0.433. The maximum Gasteiger partial charge on any atom is 0.416 e. The molecule has 3 amide bonds. The van der Waals surface area contributed by atoms with Crippen molar-refractivity contribution in [2.75, 3.05) is 37.6 Å². The van der Waals surface area contributed by atoms with Crippen LogP contribution in [0.1, 0.15) is 36.3 Å². The van der Waals surface area contributed by atoms with Crippen molar-refractivity contribution in [2.24, 2.45) is 11.8 Å². The lowest BCUT2D eigenvalue weighted by Crippen LogP contribution is -2.49. The highest BCUT2D eigenvalue weighted by Gasteiger charge is 2.48. The van der Waals surface area contributed by atoms with Crippen molar-refractivity contribution in [2.45, 2.75) is 39.0 Å². The number of thiazole rings is 1. The maximum absolute atomic E-state index is 12.8. The first-order valence-electron chi connectivity index (χ1n) is 11.9. The molecule has 3 fully saturated rings. The van der Waals surface area contributed by atoms with Crippen LogP contribution in [0.25, 0.3) is 0 Å². The Labute approximate surface area is 202 Å². The lowest BCUT2D eigenvalue weighted by molar-refractivity contribution is -0.122. The van der Waals surface area contributed by atoms with E-state index in [2.05, 4.69) is 14.9 Å². The summed E-state index contributed by atoms with van der Waals surface area (Å²) in [5.74, 6) is -0.519. The number of aromatic nitrogens is 2. The molecule has 0 N–H and O–H groups in total. The van der Waals surface area contributed by atoms with Gasteiger partial charge in [0.1, 0.15) is 0 Å². The molecule has 4 heterocycles. The molecule has 0 aromatic carbocycles. The number of anilines is 1. The highest BCUT2D eigenvalue weighted by molar-refractivity contribution is 7.09. The molecule has 3 aliphatic rings. The lowest BCUT2D eigenvalue weighted by Gasteiger charge is -2.33. The van der Waals surface area contributed by atoms with Crippen molar-refractivity contribution in [3.05, 3.63) is 34.4 Å². The average Bonchev–Trinajstić information content (AvgIpc) is 3.39. The normalized spacial score (nSPS) is 23.3. The number of carbonyl (C=O) groups is 3. The number of rotatable bonds is 5. The van der Waals surface area contributed by atoms with Crippen LogP contribution in [0.5, 0.6) is 5.88 Å². The summed E-state index contributed by atoms with van der Waals surface area (Å²) < 4.78 is 5.45. The van der Waals surface area contributed by atoms with Gasteiger partial charge in [-0.05, 0) is 32.3 Å². The highest BCUT2D eigenvalue weighted by atomic mass is 32.1. The Morgan fingerprint density at radius 1 is 1.06 bits per heavy atom. The van der Waals surface area contributed by atoms with Crippen molar-refractivity contribution >= 4 is 34.9 Å². The van der Waals surface area contributed by atoms with E-state index >= 15 is 0 Å². The second-order valence-electron chi connectivity index (χ2n) is 9.17. The van der Waals surface area contributed by atoms with Gasteiger partial charge in [0.15, 0.2) is 0 Å². The van der Waals surface area contributed by atoms with E-state index in [-0.39, 0.29) is 29.5 Å². The summed E-state index contributed by atoms with van der Waals surface area (Å²) in [7, 11) is 0. The van der Waals surface area contributed by atoms with Crippen LogP contribution in [-0.2, 0) is 16.0 Å². The summed E-state index contributed by atoms with van der Waals surface area (Å²) in [4.78, 5) is 53.2. The number of hydrogen-bond acceptors (Lipinski definition) is 8. The Hall–Kier alpha value is -2.85. The zero-order chi connectivity index (χ0) is 23.7. The molecule has 2 unspecified atom stereocenters. The number of imide groups is 1. The van der Waals surface area contributed by atoms with Gasteiger partial charge < -0.3 is 9.64 Å². The first-order chi connectivity index (χ1) is 16.5. The van der Waals surface area contributed by atoms with Gasteiger partial charge in [0.05, 0.1) is 34.9 Å². The molecule has 10 heteroatoms. The monoisotopic (exact) mass is 483 g/mol. The molecule has 180 valence electrons. The van der Waals surface area contributed by atoms with Crippen molar-refractivity contribution in [3.8, 4) is 5.88 Å². The number of amides is 3. The van der Waals surface area contributed by atoms with Crippen molar-refractivity contribution in [1.82, 2.24) is 19.8 Å². The molecule has 1 aliphatic carbocycles. The van der Waals surface area contributed by atoms with Gasteiger partial charge in [-0.2, -0.15) is 0 Å². The molecule has 5 rings (SSSR count). The third kappa shape index (κ3) is 4.56. The second-order valence-corrected chi connectivity index (χ2v) is 10.1. The largest absolute Gasteiger partial charge is 0.416 e. The number of piperazine rings is 1. The van der Waals surface area contributed by atoms with E-state index in [9.17, 15) is 14.4 Å². The van der Waals surface area contributed by atoms with E-state index in [1.54, 1.807) is 28.4 Å². The smallest absolute Gasteiger partial charge is 0.391 e. The molecular weight excluding hydrogens is 454 g/mol. The fourth-order valence-corrected chi connectivity index (χ4v) is 5.89. The van der Waals surface area contributed by atoms with Crippen molar-refractivity contribution < 1.29 is 19.1 Å². The van der Waals surface area contributed by atoms with E-state index < -0.39 is 6.09 Å². The van der Waals surface area contributed by atoms with Crippen LogP contribution in [0.4, 0.5) is 10.5 Å². The van der Waals surface area contributed by atoms with Crippen LogP contribution >= 0.6 is 11.3 Å². The maximum atomic E-state index is 12.8. The van der Waals surface area contributed by atoms with Crippen molar-refractivity contribution in [1.29, 1.82) is 0 Å². The quantitative estimate of drug-likeness (QED) is 0.604. The number of fused-ring (bicyclic) bond motifs is 1. The number of ether oxygens (including phenoxy) is 1. The lowest BCUT2D eigenvalue weighted by atomic mass is 9.81. The molecule has 2 aromatic heterocycles. The van der Waals surface area contributed by atoms with Crippen LogP contribution < -0.4 is 9.64 Å². The third-order valence-corrected chi connectivity index (χ3v) is 8.14. The van der Waals surface area contributed by atoms with E-state index in [1.165, 1.54) is 16.0 Å². The Kier molecular flexibility index (Phi) is 6.60. The van der Waals surface area contributed by atoms with Crippen LogP contribution in [-0.4, -0.2) is 70.4 Å². The number of nitrogens with zero attached hydrogens (tertiary/aromatic N) is 5. The highest BCUT2D eigenvalue weighted by Crippen LogP contribution is 2.40. The number of aryl methyl sites for hydroxylation is 1. The number of carbonyl (C=O) groups excluding carboxylic acids is 3. The SMILES string of the molecule is Cc1ncsc1CCN1CCN(C(=O)Oc2ccc(N3C(=O)C4CCCCC4C3=O)cn2)CC1. The molecule has 0 bridgehead atoms. The topological polar surface area (TPSA) is 95.9 Å². The van der Waals surface area contributed by atoms with Crippen LogP contribution in [0.2, 0.25) is 0 Å². The molecule has 0 spiro atoms. The Morgan fingerprint density at radius 2 is 1.76 bits per heavy atom. The molecule has 34 heavy (non-hydrogen) atoms. The molecule has 2 aromatic rings. The van der Waals surface area contributed by atoms with Crippen LogP contribution in [0.15, 0.2) is 23.8 Å². The van der Waals surface area contributed by atoms with Gasteiger partial charge in [-0.15, -0.1) is 11.3 Å². The molecular formula is C24H29N5O4S. The van der Waals surface area contributed by atoms with Gasteiger partial charge in [0.2, 0.25) is 17.7 Å². The molecule has 2 aliphatic heterocycles. The average molecular weight is 484 g/mol. The molecule has 1 saturated carbocycles. The van der Waals surface area contributed by atoms with E-state index in [4.69, 9.17) is 4.74 Å². The van der Waals surface area contributed by atoms with Crippen LogP contribution in [0, 0.1) is 18.8 Å². The van der Waals surface area contributed by atoms with Gasteiger partial charge in [0.25, 0.3) is 0 Å². The first kappa shape index (κ1) is 22.9.